The molecule has 0 aliphatic rings. The number of nitrogens with one attached hydrogen (secondary N) is 3. The number of carbonyl (C=O) groups excluding carboxylic acids is 1. The number of amides is 2. The summed E-state index contributed by atoms with van der Waals surface area (Å²) >= 11 is 0. The first-order valence-corrected chi connectivity index (χ1v) is 10.1. The maximum absolute atomic E-state index is 13.3. The zero-order chi connectivity index (χ0) is 23.5. The summed E-state index contributed by atoms with van der Waals surface area (Å²) < 4.78 is 26.5. The van der Waals surface area contributed by atoms with E-state index in [1.165, 1.54) is 43.3 Å². The fraction of sp³-hybridized carbons (Fsp3) is 0.174. The lowest BCUT2D eigenvalue weighted by Gasteiger charge is -2.22. The van der Waals surface area contributed by atoms with Crippen LogP contribution in [0.4, 0.5) is 19.4 Å². The molecule has 2 aromatic carbocycles. The van der Waals surface area contributed by atoms with Gasteiger partial charge in [-0.15, -0.1) is 0 Å². The average Bonchev–Trinajstić information content (AvgIpc) is 3.22. The van der Waals surface area contributed by atoms with Crippen molar-refractivity contribution in [1.29, 1.82) is 0 Å². The van der Waals surface area contributed by atoms with Crippen LogP contribution in [0.5, 0.6) is 0 Å². The van der Waals surface area contributed by atoms with Crippen LogP contribution in [0.2, 0.25) is 0 Å². The average molecular weight is 453 g/mol. The van der Waals surface area contributed by atoms with Crippen molar-refractivity contribution in [2.75, 3.05) is 5.32 Å². The monoisotopic (exact) mass is 453 g/mol. The number of aromatic nitrogens is 3. The Morgan fingerprint density at radius 3 is 2.33 bits per heavy atom. The highest BCUT2D eigenvalue weighted by Gasteiger charge is 2.21. The van der Waals surface area contributed by atoms with Gasteiger partial charge in [-0.3, -0.25) is 10.4 Å². The molecule has 2 amide bonds. The van der Waals surface area contributed by atoms with Gasteiger partial charge in [-0.1, -0.05) is 12.1 Å². The largest absolute Gasteiger partial charge is 0.391 e. The van der Waals surface area contributed by atoms with E-state index in [4.69, 9.17) is 0 Å². The zero-order valence-electron chi connectivity index (χ0n) is 17.5. The predicted octanol–water partition coefficient (Wildman–Crippen LogP) is 3.64. The van der Waals surface area contributed by atoms with Crippen LogP contribution in [0, 0.1) is 11.6 Å². The number of fused-ring (bicyclic) bond motifs is 1. The maximum Gasteiger partial charge on any atom is 0.320 e. The quantitative estimate of drug-likeness (QED) is 0.305. The number of rotatable bonds is 6. The van der Waals surface area contributed by atoms with Crippen LogP contribution in [0.25, 0.3) is 22.2 Å². The van der Waals surface area contributed by atoms with Gasteiger partial charge in [0.1, 0.15) is 23.1 Å². The molecule has 2 heterocycles. The molecule has 4 rings (SSSR count). The van der Waals surface area contributed by atoms with Crippen LogP contribution >= 0.6 is 0 Å². The first-order valence-electron chi connectivity index (χ1n) is 10.1. The fourth-order valence-electron chi connectivity index (χ4n) is 3.56. The van der Waals surface area contributed by atoms with Gasteiger partial charge in [-0.2, -0.15) is 5.10 Å². The summed E-state index contributed by atoms with van der Waals surface area (Å²) in [4.78, 5) is 16.9. The summed E-state index contributed by atoms with van der Waals surface area (Å²) in [5.74, 6) is -0.671. The van der Waals surface area contributed by atoms with E-state index in [1.807, 2.05) is 0 Å². The number of pyridine rings is 1. The number of H-pyrrole nitrogens is 1. The highest BCUT2D eigenvalue weighted by atomic mass is 19.1. The normalized spacial score (nSPS) is 13.0. The van der Waals surface area contributed by atoms with Crippen molar-refractivity contribution in [2.24, 2.45) is 0 Å². The van der Waals surface area contributed by atoms with Gasteiger partial charge in [-0.25, -0.2) is 18.6 Å². The van der Waals surface area contributed by atoms with Gasteiger partial charge in [0.05, 0.1) is 35.3 Å². The van der Waals surface area contributed by atoms with E-state index < -0.39 is 30.6 Å². The lowest BCUT2D eigenvalue weighted by atomic mass is 10.0. The molecule has 10 heteroatoms. The van der Waals surface area contributed by atoms with Crippen molar-refractivity contribution in [2.45, 2.75) is 25.7 Å². The van der Waals surface area contributed by atoms with Crippen LogP contribution in [-0.2, 0) is 6.61 Å². The van der Waals surface area contributed by atoms with Crippen LogP contribution in [0.3, 0.4) is 0 Å². The number of hydrogen-bond acceptors (Lipinski definition) is 5. The first-order chi connectivity index (χ1) is 15.9. The van der Waals surface area contributed by atoms with E-state index >= 15 is 0 Å². The molecule has 170 valence electrons. The zero-order valence-corrected chi connectivity index (χ0v) is 17.5. The predicted molar refractivity (Wildman–Crippen MR) is 118 cm³/mol. The summed E-state index contributed by atoms with van der Waals surface area (Å²) in [5.41, 5.74) is 2.42. The SMILES string of the molecule is C[C@@H](O)[C@@H](NC(=O)Nc1cc2[nH]nc(-c3ccc(F)cc3)c2c(CO)n1)c1ccc(F)cc1. The van der Waals surface area contributed by atoms with E-state index in [0.29, 0.717) is 27.7 Å². The molecule has 0 fully saturated rings. The Labute approximate surface area is 187 Å². The maximum atomic E-state index is 13.3. The third-order valence-corrected chi connectivity index (χ3v) is 5.13. The van der Waals surface area contributed by atoms with Gasteiger partial charge >= 0.3 is 6.03 Å². The molecule has 0 aliphatic heterocycles. The van der Waals surface area contributed by atoms with Crippen molar-refractivity contribution >= 4 is 22.8 Å². The number of halogens is 2. The molecule has 0 aliphatic carbocycles. The fourth-order valence-corrected chi connectivity index (χ4v) is 3.56. The summed E-state index contributed by atoms with van der Waals surface area (Å²) in [5, 5.41) is 32.8. The van der Waals surface area contributed by atoms with Gasteiger partial charge in [0, 0.05) is 11.6 Å². The summed E-state index contributed by atoms with van der Waals surface area (Å²) in [7, 11) is 0. The Balaban J connectivity index is 1.59. The van der Waals surface area contributed by atoms with Crippen molar-refractivity contribution < 1.29 is 23.8 Å². The second-order valence-electron chi connectivity index (χ2n) is 7.48. The summed E-state index contributed by atoms with van der Waals surface area (Å²) in [6, 6.07) is 11.3. The Kier molecular flexibility index (Phi) is 6.29. The van der Waals surface area contributed by atoms with Crippen LogP contribution in [0.1, 0.15) is 24.2 Å². The van der Waals surface area contributed by atoms with Gasteiger partial charge in [-0.05, 0) is 48.9 Å². The highest BCUT2D eigenvalue weighted by Crippen LogP contribution is 2.30. The Morgan fingerprint density at radius 1 is 1.09 bits per heavy atom. The molecule has 0 radical (unpaired) electrons. The number of aliphatic hydroxyl groups is 2. The molecule has 0 unspecified atom stereocenters. The standard InChI is InChI=1S/C23H21F2N5O3/c1-12(32)21(13-2-6-15(24)7-3-13)28-23(33)27-19-10-17-20(18(11-31)26-19)22(30-29-17)14-4-8-16(25)9-5-14/h2-10,12,21,31-32H,11H2,1H3,(H,29,30)(H2,26,27,28,33)/t12-,21-/m1/s1. The third-order valence-electron chi connectivity index (χ3n) is 5.13. The molecule has 0 saturated heterocycles. The lowest BCUT2D eigenvalue weighted by molar-refractivity contribution is 0.148. The van der Waals surface area contributed by atoms with E-state index in [-0.39, 0.29) is 17.3 Å². The number of carbonyl (C=O) groups is 1. The Hall–Kier alpha value is -3.89. The van der Waals surface area contributed by atoms with Crippen LogP contribution in [0.15, 0.2) is 54.6 Å². The second kappa shape index (κ2) is 9.31. The molecular formula is C23H21F2N5O3. The minimum absolute atomic E-state index is 0.141. The summed E-state index contributed by atoms with van der Waals surface area (Å²) in [6.07, 6.45) is -0.949. The van der Waals surface area contributed by atoms with E-state index in [0.717, 1.165) is 0 Å². The van der Waals surface area contributed by atoms with Crippen molar-refractivity contribution in [1.82, 2.24) is 20.5 Å². The van der Waals surface area contributed by atoms with Crippen molar-refractivity contribution in [3.63, 3.8) is 0 Å². The summed E-state index contributed by atoms with van der Waals surface area (Å²) in [6.45, 7) is 1.08. The molecule has 0 saturated carbocycles. The number of aromatic amines is 1. The van der Waals surface area contributed by atoms with Gasteiger partial charge < -0.3 is 15.5 Å². The number of anilines is 1. The topological polar surface area (TPSA) is 123 Å². The van der Waals surface area contributed by atoms with Gasteiger partial charge in [0.15, 0.2) is 0 Å². The number of benzene rings is 2. The molecule has 5 N–H and O–H groups in total. The Bertz CT molecular complexity index is 1270. The smallest absolute Gasteiger partial charge is 0.320 e. The van der Waals surface area contributed by atoms with E-state index in [9.17, 15) is 23.8 Å². The van der Waals surface area contributed by atoms with Crippen molar-refractivity contribution in [3.8, 4) is 11.3 Å². The number of aliphatic hydroxyl groups excluding tert-OH is 2. The van der Waals surface area contributed by atoms with Crippen LogP contribution in [-0.4, -0.2) is 37.5 Å². The van der Waals surface area contributed by atoms with Crippen LogP contribution < -0.4 is 10.6 Å². The molecule has 0 bridgehead atoms. The minimum Gasteiger partial charge on any atom is -0.391 e. The molecule has 0 spiro atoms. The van der Waals surface area contributed by atoms with E-state index in [1.54, 1.807) is 18.2 Å². The van der Waals surface area contributed by atoms with Gasteiger partial charge in [0.25, 0.3) is 0 Å². The molecular weight excluding hydrogens is 432 g/mol. The minimum atomic E-state index is -0.949. The molecule has 8 nitrogen and oxygen atoms in total. The highest BCUT2D eigenvalue weighted by molar-refractivity contribution is 5.97. The third kappa shape index (κ3) is 4.81. The number of urea groups is 1. The molecule has 33 heavy (non-hydrogen) atoms. The molecule has 2 aromatic heterocycles. The van der Waals surface area contributed by atoms with E-state index in [2.05, 4.69) is 25.8 Å². The first kappa shape index (κ1) is 22.3. The molecule has 2 atom stereocenters. The van der Waals surface area contributed by atoms with Gasteiger partial charge in [0.2, 0.25) is 0 Å². The number of hydrogen-bond donors (Lipinski definition) is 5. The number of nitrogens with zero attached hydrogens (tertiary/aromatic N) is 2. The Morgan fingerprint density at radius 2 is 1.73 bits per heavy atom. The lowest BCUT2D eigenvalue weighted by Crippen LogP contribution is -2.38. The molecule has 4 aromatic rings. The van der Waals surface area contributed by atoms with Crippen molar-refractivity contribution in [3.05, 3.63) is 77.5 Å². The second-order valence-corrected chi connectivity index (χ2v) is 7.48.